The Kier molecular flexibility index (Phi) is 6.06. The molecule has 0 bridgehead atoms. The summed E-state index contributed by atoms with van der Waals surface area (Å²) < 4.78 is 6.79. The Morgan fingerprint density at radius 2 is 1.80 bits per heavy atom. The molecule has 6 heteroatoms. The number of carbonyl (C=O) groups is 1. The van der Waals surface area contributed by atoms with E-state index in [9.17, 15) is 9.59 Å². The Hall–Kier alpha value is -2.44. The number of fused-ring (bicyclic) bond motifs is 2. The zero-order valence-corrected chi connectivity index (χ0v) is 18.8. The minimum atomic E-state index is -0.426. The summed E-state index contributed by atoms with van der Waals surface area (Å²) in [5.41, 5.74) is 1.67. The molecule has 1 unspecified atom stereocenters. The number of benzene rings is 2. The molecule has 0 aliphatic carbocycles. The number of hydrogen-bond acceptors (Lipinski definition) is 4. The molecule has 1 aliphatic heterocycles. The van der Waals surface area contributed by atoms with Gasteiger partial charge in [-0.25, -0.2) is 0 Å². The third-order valence-electron chi connectivity index (χ3n) is 5.81. The van der Waals surface area contributed by atoms with Crippen LogP contribution in [0.15, 0.2) is 62.2 Å². The summed E-state index contributed by atoms with van der Waals surface area (Å²) in [6, 6.07) is 14.6. The van der Waals surface area contributed by atoms with Gasteiger partial charge in [0.2, 0.25) is 5.76 Å². The average Bonchev–Trinajstić information content (AvgIpc) is 3.04. The Morgan fingerprint density at radius 3 is 2.50 bits per heavy atom. The van der Waals surface area contributed by atoms with Gasteiger partial charge in [-0.3, -0.25) is 9.59 Å². The zero-order chi connectivity index (χ0) is 21.3. The highest BCUT2D eigenvalue weighted by Crippen LogP contribution is 2.38. The molecule has 4 rings (SSSR count). The van der Waals surface area contributed by atoms with Crippen molar-refractivity contribution in [2.45, 2.75) is 26.3 Å². The molecule has 1 atom stereocenters. The van der Waals surface area contributed by atoms with Crippen LogP contribution in [0, 0.1) is 0 Å². The third-order valence-corrected chi connectivity index (χ3v) is 6.30. The van der Waals surface area contributed by atoms with Gasteiger partial charge >= 0.3 is 0 Å². The zero-order valence-electron chi connectivity index (χ0n) is 17.2. The predicted molar refractivity (Wildman–Crippen MR) is 122 cm³/mol. The van der Waals surface area contributed by atoms with Crippen molar-refractivity contribution in [3.63, 3.8) is 0 Å². The fourth-order valence-electron chi connectivity index (χ4n) is 4.21. The van der Waals surface area contributed by atoms with Gasteiger partial charge in [-0.1, -0.05) is 60.1 Å². The molecule has 5 nitrogen and oxygen atoms in total. The maximum atomic E-state index is 13.5. The van der Waals surface area contributed by atoms with Crippen molar-refractivity contribution in [1.29, 1.82) is 0 Å². The molecule has 0 fully saturated rings. The fourth-order valence-corrected chi connectivity index (χ4v) is 4.57. The van der Waals surface area contributed by atoms with E-state index < -0.39 is 6.04 Å². The van der Waals surface area contributed by atoms with Crippen molar-refractivity contribution in [3.05, 3.63) is 80.1 Å². The standard InChI is InChI=1S/C24H25BrN2O3/c1-3-26(4-2)13-8-14-27-21(16-9-6-5-7-10-16)20-22(28)18-15-17(25)11-12-19(18)30-23(20)24(27)29/h5-7,9-12,15,21H,3-4,8,13-14H2,1-2H3. The highest BCUT2D eigenvalue weighted by Gasteiger charge is 2.42. The van der Waals surface area contributed by atoms with E-state index in [1.807, 2.05) is 36.4 Å². The molecule has 0 N–H and O–H groups in total. The van der Waals surface area contributed by atoms with Crippen molar-refractivity contribution in [2.24, 2.45) is 0 Å². The Bertz CT molecular complexity index is 1120. The van der Waals surface area contributed by atoms with E-state index in [-0.39, 0.29) is 17.1 Å². The lowest BCUT2D eigenvalue weighted by Crippen LogP contribution is -2.33. The summed E-state index contributed by atoms with van der Waals surface area (Å²) in [5.74, 6) is -0.0353. The number of hydrogen-bond donors (Lipinski definition) is 0. The second kappa shape index (κ2) is 8.74. The second-order valence-electron chi connectivity index (χ2n) is 7.51. The molecule has 3 aromatic rings. The van der Waals surface area contributed by atoms with Crippen LogP contribution in [0.5, 0.6) is 0 Å². The van der Waals surface area contributed by atoms with Crippen LogP contribution in [0.4, 0.5) is 0 Å². The summed E-state index contributed by atoms with van der Waals surface area (Å²) in [7, 11) is 0. The van der Waals surface area contributed by atoms with Crippen molar-refractivity contribution >= 4 is 32.8 Å². The molecular formula is C24H25BrN2O3. The monoisotopic (exact) mass is 468 g/mol. The quantitative estimate of drug-likeness (QED) is 0.498. The first kappa shape index (κ1) is 20.8. The lowest BCUT2D eigenvalue weighted by Gasteiger charge is -2.26. The van der Waals surface area contributed by atoms with E-state index in [1.165, 1.54) is 0 Å². The first-order chi connectivity index (χ1) is 14.5. The molecule has 2 aromatic carbocycles. The van der Waals surface area contributed by atoms with Gasteiger partial charge in [-0.2, -0.15) is 0 Å². The number of carbonyl (C=O) groups excluding carboxylic acids is 1. The molecule has 0 saturated carbocycles. The van der Waals surface area contributed by atoms with E-state index >= 15 is 0 Å². The van der Waals surface area contributed by atoms with Crippen molar-refractivity contribution in [2.75, 3.05) is 26.2 Å². The number of amides is 1. The molecular weight excluding hydrogens is 444 g/mol. The summed E-state index contributed by atoms with van der Waals surface area (Å²) in [4.78, 5) is 30.9. The van der Waals surface area contributed by atoms with Crippen LogP contribution in [-0.4, -0.2) is 41.9 Å². The first-order valence-corrected chi connectivity index (χ1v) is 11.2. The van der Waals surface area contributed by atoms with Gasteiger partial charge in [-0.15, -0.1) is 0 Å². The van der Waals surface area contributed by atoms with E-state index in [0.29, 0.717) is 23.1 Å². The molecule has 0 spiro atoms. The summed E-state index contributed by atoms with van der Waals surface area (Å²) >= 11 is 3.43. The molecule has 1 aromatic heterocycles. The van der Waals surface area contributed by atoms with E-state index in [4.69, 9.17) is 4.42 Å². The van der Waals surface area contributed by atoms with E-state index in [0.717, 1.165) is 36.1 Å². The van der Waals surface area contributed by atoms with Gasteiger partial charge in [0.1, 0.15) is 5.58 Å². The van der Waals surface area contributed by atoms with E-state index in [1.54, 1.807) is 17.0 Å². The van der Waals surface area contributed by atoms with Gasteiger partial charge in [0.05, 0.1) is 17.0 Å². The van der Waals surface area contributed by atoms with Crippen molar-refractivity contribution in [3.8, 4) is 0 Å². The Balaban J connectivity index is 1.79. The Labute approximate surface area is 184 Å². The highest BCUT2D eigenvalue weighted by molar-refractivity contribution is 9.10. The molecule has 30 heavy (non-hydrogen) atoms. The van der Waals surface area contributed by atoms with Gasteiger partial charge in [0.25, 0.3) is 5.91 Å². The van der Waals surface area contributed by atoms with Crippen LogP contribution in [-0.2, 0) is 0 Å². The van der Waals surface area contributed by atoms with Crippen LogP contribution in [0.3, 0.4) is 0 Å². The van der Waals surface area contributed by atoms with Crippen LogP contribution in [0.25, 0.3) is 11.0 Å². The second-order valence-corrected chi connectivity index (χ2v) is 8.42. The molecule has 1 amide bonds. The normalized spacial score (nSPS) is 15.9. The number of rotatable bonds is 7. The summed E-state index contributed by atoms with van der Waals surface area (Å²) in [6.45, 7) is 7.71. The maximum absolute atomic E-state index is 13.5. The van der Waals surface area contributed by atoms with Gasteiger partial charge in [-0.05, 0) is 49.8 Å². The molecule has 2 heterocycles. The van der Waals surface area contributed by atoms with Crippen molar-refractivity contribution < 1.29 is 9.21 Å². The van der Waals surface area contributed by atoms with Crippen LogP contribution >= 0.6 is 15.9 Å². The van der Waals surface area contributed by atoms with E-state index in [2.05, 4.69) is 34.7 Å². The minimum absolute atomic E-state index is 0.138. The molecule has 156 valence electrons. The van der Waals surface area contributed by atoms with Gasteiger partial charge < -0.3 is 14.2 Å². The molecule has 0 saturated heterocycles. The highest BCUT2D eigenvalue weighted by atomic mass is 79.9. The average molecular weight is 469 g/mol. The summed E-state index contributed by atoms with van der Waals surface area (Å²) in [5, 5.41) is 0.488. The largest absolute Gasteiger partial charge is 0.450 e. The van der Waals surface area contributed by atoms with Crippen molar-refractivity contribution in [1.82, 2.24) is 9.80 Å². The van der Waals surface area contributed by atoms with Crippen LogP contribution in [0.2, 0.25) is 0 Å². The predicted octanol–water partition coefficient (Wildman–Crippen LogP) is 4.83. The number of nitrogens with zero attached hydrogens (tertiary/aromatic N) is 2. The lowest BCUT2D eigenvalue weighted by molar-refractivity contribution is 0.0720. The number of halogens is 1. The SMILES string of the molecule is CCN(CC)CCCN1C(=O)c2oc3ccc(Br)cc3c(=O)c2C1c1ccccc1. The van der Waals surface area contributed by atoms with Crippen LogP contribution in [0.1, 0.15) is 48.0 Å². The molecule has 1 aliphatic rings. The maximum Gasteiger partial charge on any atom is 0.290 e. The van der Waals surface area contributed by atoms with Gasteiger partial charge in [0, 0.05) is 11.0 Å². The fraction of sp³-hybridized carbons (Fsp3) is 0.333. The Morgan fingerprint density at radius 1 is 1.07 bits per heavy atom. The lowest BCUT2D eigenvalue weighted by atomic mass is 9.98. The molecule has 0 radical (unpaired) electrons. The third kappa shape index (κ3) is 3.70. The van der Waals surface area contributed by atoms with Gasteiger partial charge in [0.15, 0.2) is 5.43 Å². The summed E-state index contributed by atoms with van der Waals surface area (Å²) in [6.07, 6.45) is 0.837. The minimum Gasteiger partial charge on any atom is -0.450 e. The first-order valence-electron chi connectivity index (χ1n) is 10.4. The topological polar surface area (TPSA) is 53.8 Å². The smallest absolute Gasteiger partial charge is 0.290 e. The van der Waals surface area contributed by atoms with Crippen LogP contribution < -0.4 is 5.43 Å².